The zero-order valence-electron chi connectivity index (χ0n) is 28.7. The number of esters is 1. The summed E-state index contributed by atoms with van der Waals surface area (Å²) in [5.41, 5.74) is 0.786. The smallest absolute Gasteiger partial charge is 0.338 e. The number of ether oxygens (including phenoxy) is 6. The molecule has 14 heteroatoms. The van der Waals surface area contributed by atoms with Crippen LogP contribution in [0.4, 0.5) is 5.82 Å². The molecule has 11 nitrogen and oxygen atoms in total. The van der Waals surface area contributed by atoms with Crippen LogP contribution >= 0.6 is 22.6 Å². The fraction of sp³-hybridized carbons (Fsp3) is 0.774. The molecule has 0 amide bonds. The number of aromatic nitrogens is 3. The normalized spacial score (nSPS) is 19.3. The standard InChI is InChI=1S/C31H55IN4O7Si2/c1-38-13-15-42-30(37)31(43-16-14-39-2)11-9-25(10-12-31)27-21-28(36-29(34-27)26(32)22-33-36)35(23-40-17-19-44(3,4)5)24-41-18-20-45(6,7)8/h21-22,25H,9-20,23-24H2,1-8H3/t25-,31-. The van der Waals surface area contributed by atoms with Crippen LogP contribution in [0.3, 0.4) is 0 Å². The Labute approximate surface area is 285 Å². The summed E-state index contributed by atoms with van der Waals surface area (Å²) in [6.07, 6.45) is 4.39. The van der Waals surface area contributed by atoms with Gasteiger partial charge in [-0.1, -0.05) is 39.3 Å². The number of carbonyl (C=O) groups excluding carboxylic acids is 1. The Morgan fingerprint density at radius 3 is 2.07 bits per heavy atom. The molecular formula is C31H55IN4O7Si2. The molecule has 0 aliphatic heterocycles. The maximum absolute atomic E-state index is 13.2. The molecular weight excluding hydrogens is 723 g/mol. The van der Waals surface area contributed by atoms with Crippen molar-refractivity contribution in [1.82, 2.24) is 14.6 Å². The van der Waals surface area contributed by atoms with Gasteiger partial charge in [-0.05, 0) is 60.4 Å². The van der Waals surface area contributed by atoms with Gasteiger partial charge in [0.25, 0.3) is 0 Å². The molecule has 2 heterocycles. The van der Waals surface area contributed by atoms with E-state index in [2.05, 4.69) is 77.9 Å². The topological polar surface area (TPSA) is 106 Å². The Balaban J connectivity index is 1.85. The number of hydrogen-bond acceptors (Lipinski definition) is 10. The van der Waals surface area contributed by atoms with Gasteiger partial charge in [-0.15, -0.1) is 0 Å². The Bertz CT molecular complexity index is 1180. The van der Waals surface area contributed by atoms with Crippen LogP contribution in [0.2, 0.25) is 51.4 Å². The molecule has 2 aromatic heterocycles. The zero-order chi connectivity index (χ0) is 33.1. The minimum absolute atomic E-state index is 0.146. The molecule has 256 valence electrons. The van der Waals surface area contributed by atoms with Gasteiger partial charge in [0.05, 0.1) is 29.6 Å². The zero-order valence-corrected chi connectivity index (χ0v) is 32.8. The van der Waals surface area contributed by atoms with E-state index in [-0.39, 0.29) is 18.5 Å². The van der Waals surface area contributed by atoms with Gasteiger partial charge in [0.1, 0.15) is 25.9 Å². The highest BCUT2D eigenvalue weighted by molar-refractivity contribution is 14.1. The van der Waals surface area contributed by atoms with E-state index in [9.17, 15) is 4.79 Å². The maximum atomic E-state index is 13.2. The van der Waals surface area contributed by atoms with Crippen LogP contribution in [0.15, 0.2) is 12.3 Å². The molecule has 1 saturated carbocycles. The molecule has 45 heavy (non-hydrogen) atoms. The van der Waals surface area contributed by atoms with Gasteiger partial charge in [0, 0.05) is 61.3 Å². The Kier molecular flexibility index (Phi) is 15.2. The fourth-order valence-corrected chi connectivity index (χ4v) is 7.09. The number of fused-ring (bicyclic) bond motifs is 1. The molecule has 3 rings (SSSR count). The van der Waals surface area contributed by atoms with Gasteiger partial charge < -0.3 is 33.3 Å². The van der Waals surface area contributed by atoms with Gasteiger partial charge in [-0.25, -0.2) is 9.78 Å². The number of nitrogens with zero attached hydrogens (tertiary/aromatic N) is 4. The SMILES string of the molecule is COCCOC(=O)[C@]1(OCCOC)CC[C@H](c2cc(N(COCC[Si](C)(C)C)COCC[Si](C)(C)C)n3ncc(I)c3n2)CC1. The monoisotopic (exact) mass is 778 g/mol. The quantitative estimate of drug-likeness (QED) is 0.0522. The molecule has 0 spiro atoms. The largest absolute Gasteiger partial charge is 0.461 e. The average molecular weight is 779 g/mol. The van der Waals surface area contributed by atoms with Crippen LogP contribution in [0, 0.1) is 3.57 Å². The molecule has 1 fully saturated rings. The highest BCUT2D eigenvalue weighted by Gasteiger charge is 2.45. The van der Waals surface area contributed by atoms with Crippen molar-refractivity contribution in [2.24, 2.45) is 0 Å². The highest BCUT2D eigenvalue weighted by atomic mass is 127. The maximum Gasteiger partial charge on any atom is 0.338 e. The first-order valence-corrected chi connectivity index (χ1v) is 24.5. The van der Waals surface area contributed by atoms with E-state index in [1.54, 1.807) is 14.2 Å². The van der Waals surface area contributed by atoms with E-state index in [1.165, 1.54) is 0 Å². The molecule has 0 atom stereocenters. The third kappa shape index (κ3) is 12.1. The second-order valence-corrected chi connectivity index (χ2v) is 26.6. The lowest BCUT2D eigenvalue weighted by Gasteiger charge is -2.38. The molecule has 1 aliphatic rings. The van der Waals surface area contributed by atoms with Gasteiger partial charge in [-0.3, -0.25) is 0 Å². The first-order chi connectivity index (χ1) is 21.3. The van der Waals surface area contributed by atoms with Gasteiger partial charge in [0.15, 0.2) is 11.2 Å². The summed E-state index contributed by atoms with van der Waals surface area (Å²) in [5.74, 6) is 0.708. The molecule has 0 aromatic carbocycles. The minimum atomic E-state index is -1.23. The van der Waals surface area contributed by atoms with E-state index in [1.807, 2.05) is 10.7 Å². The molecule has 1 aliphatic carbocycles. The van der Waals surface area contributed by atoms with Crippen molar-refractivity contribution in [3.8, 4) is 0 Å². The van der Waals surface area contributed by atoms with Crippen molar-refractivity contribution in [3.63, 3.8) is 0 Å². The first kappa shape index (κ1) is 38.3. The summed E-state index contributed by atoms with van der Waals surface area (Å²) in [5, 5.41) is 4.69. The number of anilines is 1. The predicted octanol–water partition coefficient (Wildman–Crippen LogP) is 6.01. The van der Waals surface area contributed by atoms with Crippen LogP contribution in [-0.4, -0.2) is 110 Å². The lowest BCUT2D eigenvalue weighted by molar-refractivity contribution is -0.180. The lowest BCUT2D eigenvalue weighted by atomic mass is 9.77. The van der Waals surface area contributed by atoms with Crippen molar-refractivity contribution in [3.05, 3.63) is 21.5 Å². The summed E-state index contributed by atoms with van der Waals surface area (Å²) in [6, 6.07) is 4.32. The molecule has 0 radical (unpaired) electrons. The van der Waals surface area contributed by atoms with Gasteiger partial charge in [0.2, 0.25) is 0 Å². The number of carbonyl (C=O) groups is 1. The van der Waals surface area contributed by atoms with Crippen molar-refractivity contribution < 1.29 is 33.2 Å². The fourth-order valence-electron chi connectivity index (χ4n) is 5.11. The summed E-state index contributed by atoms with van der Waals surface area (Å²) in [4.78, 5) is 20.5. The third-order valence-corrected chi connectivity index (χ3v) is 12.2. The molecule has 0 saturated heterocycles. The van der Waals surface area contributed by atoms with Crippen LogP contribution in [0.5, 0.6) is 0 Å². The van der Waals surface area contributed by atoms with Crippen LogP contribution in [0.25, 0.3) is 5.65 Å². The van der Waals surface area contributed by atoms with Crippen molar-refractivity contribution in [2.45, 2.75) is 88.6 Å². The Morgan fingerprint density at radius 2 is 1.51 bits per heavy atom. The predicted molar refractivity (Wildman–Crippen MR) is 191 cm³/mol. The van der Waals surface area contributed by atoms with E-state index in [4.69, 9.17) is 33.4 Å². The van der Waals surface area contributed by atoms with Gasteiger partial charge in [-0.2, -0.15) is 9.61 Å². The van der Waals surface area contributed by atoms with Crippen molar-refractivity contribution in [1.29, 1.82) is 0 Å². The van der Waals surface area contributed by atoms with Crippen molar-refractivity contribution in [2.75, 3.05) is 72.2 Å². The summed E-state index contributed by atoms with van der Waals surface area (Å²) in [6.45, 7) is 17.7. The van der Waals surface area contributed by atoms with Crippen LogP contribution in [-0.2, 0) is 33.2 Å². The summed E-state index contributed by atoms with van der Waals surface area (Å²) < 4.78 is 37.4. The summed E-state index contributed by atoms with van der Waals surface area (Å²) >= 11 is 2.30. The second kappa shape index (κ2) is 17.8. The minimum Gasteiger partial charge on any atom is -0.461 e. The van der Waals surface area contributed by atoms with E-state index >= 15 is 0 Å². The molecule has 0 bridgehead atoms. The number of halogens is 1. The molecule has 0 unspecified atom stereocenters. The van der Waals surface area contributed by atoms with Gasteiger partial charge >= 0.3 is 5.97 Å². The Morgan fingerprint density at radius 1 is 0.933 bits per heavy atom. The lowest BCUT2D eigenvalue weighted by Crippen LogP contribution is -2.46. The van der Waals surface area contributed by atoms with E-state index in [0.29, 0.717) is 59.3 Å². The van der Waals surface area contributed by atoms with E-state index < -0.39 is 21.7 Å². The highest BCUT2D eigenvalue weighted by Crippen LogP contribution is 2.41. The average Bonchev–Trinajstić information content (AvgIpc) is 3.35. The number of rotatable bonds is 20. The van der Waals surface area contributed by atoms with E-state index in [0.717, 1.165) is 45.7 Å². The van der Waals surface area contributed by atoms with Crippen LogP contribution < -0.4 is 4.90 Å². The second-order valence-electron chi connectivity index (χ2n) is 14.2. The Hall–Kier alpha value is -1.15. The molecule has 0 N–H and O–H groups in total. The molecule has 2 aromatic rings. The van der Waals surface area contributed by atoms with Crippen molar-refractivity contribution >= 4 is 56.2 Å². The number of methoxy groups -OCH3 is 2. The number of hydrogen-bond donors (Lipinski definition) is 0. The summed E-state index contributed by atoms with van der Waals surface area (Å²) in [7, 11) is 0.755. The first-order valence-electron chi connectivity index (χ1n) is 16.0. The van der Waals surface area contributed by atoms with Crippen LogP contribution in [0.1, 0.15) is 37.3 Å². The third-order valence-electron chi connectivity index (χ3n) is 8.01.